The van der Waals surface area contributed by atoms with Crippen LogP contribution in [0.5, 0.6) is 0 Å². The number of nitrogens with zero attached hydrogens (tertiary/aromatic N) is 2. The molecule has 1 amide bonds. The molecule has 4 rings (SSSR count). The van der Waals surface area contributed by atoms with E-state index in [0.29, 0.717) is 5.69 Å². The van der Waals surface area contributed by atoms with Crippen LogP contribution < -0.4 is 9.21 Å². The van der Waals surface area contributed by atoms with Crippen molar-refractivity contribution < 1.29 is 13.2 Å². The van der Waals surface area contributed by atoms with E-state index in [9.17, 15) is 13.2 Å². The van der Waals surface area contributed by atoms with Crippen molar-refractivity contribution in [1.29, 1.82) is 0 Å². The Balaban J connectivity index is 1.73. The molecule has 1 heterocycles. The van der Waals surface area contributed by atoms with E-state index in [-0.39, 0.29) is 23.4 Å². The topological polar surface area (TPSA) is 57.7 Å². The Hall–Kier alpha value is -3.12. The lowest BCUT2D eigenvalue weighted by atomic mass is 9.96. The third-order valence-electron chi connectivity index (χ3n) is 5.69. The van der Waals surface area contributed by atoms with E-state index in [1.165, 1.54) is 4.31 Å². The molecule has 1 aliphatic rings. The smallest absolute Gasteiger partial charge is 0.264 e. The molecule has 0 radical (unpaired) electrons. The average Bonchev–Trinajstić information content (AvgIpc) is 2.77. The molecule has 0 fully saturated rings. The molecule has 0 spiro atoms. The van der Waals surface area contributed by atoms with Gasteiger partial charge in [0.1, 0.15) is 6.54 Å². The molecule has 0 aliphatic carbocycles. The Kier molecular flexibility index (Phi) is 5.83. The SMILES string of the molecule is Cc1cccc(S(=O)(=O)N(CC(=O)N2c3ccccc3CCC2C)c2ccccc2)c1. The maximum atomic E-state index is 13.6. The fourth-order valence-corrected chi connectivity index (χ4v) is 5.60. The van der Waals surface area contributed by atoms with Crippen molar-refractivity contribution in [2.24, 2.45) is 0 Å². The molecule has 160 valence electrons. The molecule has 0 aromatic heterocycles. The van der Waals surface area contributed by atoms with Gasteiger partial charge in [-0.25, -0.2) is 8.42 Å². The number of aryl methyl sites for hydroxylation is 2. The van der Waals surface area contributed by atoms with E-state index < -0.39 is 10.0 Å². The van der Waals surface area contributed by atoms with Gasteiger partial charge in [0.25, 0.3) is 10.0 Å². The molecule has 1 aliphatic heterocycles. The number of fused-ring (bicyclic) bond motifs is 1. The predicted octanol–water partition coefficient (Wildman–Crippen LogP) is 4.56. The molecule has 0 saturated heterocycles. The Morgan fingerprint density at radius 2 is 1.71 bits per heavy atom. The highest BCUT2D eigenvalue weighted by Gasteiger charge is 2.33. The molecule has 1 atom stereocenters. The minimum atomic E-state index is -3.92. The number of anilines is 2. The third-order valence-corrected chi connectivity index (χ3v) is 7.46. The van der Waals surface area contributed by atoms with E-state index >= 15 is 0 Å². The summed E-state index contributed by atoms with van der Waals surface area (Å²) in [4.78, 5) is 15.4. The van der Waals surface area contributed by atoms with E-state index in [0.717, 1.165) is 29.7 Å². The lowest BCUT2D eigenvalue weighted by Gasteiger charge is -2.36. The van der Waals surface area contributed by atoms with Crippen LogP contribution in [-0.2, 0) is 21.2 Å². The number of rotatable bonds is 5. The lowest BCUT2D eigenvalue weighted by molar-refractivity contribution is -0.117. The van der Waals surface area contributed by atoms with Crippen LogP contribution in [0.2, 0.25) is 0 Å². The van der Waals surface area contributed by atoms with Gasteiger partial charge in [0.05, 0.1) is 10.6 Å². The van der Waals surface area contributed by atoms with Crippen molar-refractivity contribution in [2.45, 2.75) is 37.6 Å². The van der Waals surface area contributed by atoms with Crippen molar-refractivity contribution in [3.8, 4) is 0 Å². The standard InChI is InChI=1S/C25H26N2O3S/c1-19-9-8-13-23(17-19)31(29,30)26(22-11-4-3-5-12-22)18-25(28)27-20(2)15-16-21-10-6-7-14-24(21)27/h3-14,17,20H,15-16,18H2,1-2H3. The predicted molar refractivity (Wildman–Crippen MR) is 124 cm³/mol. The first-order valence-electron chi connectivity index (χ1n) is 10.4. The van der Waals surface area contributed by atoms with Crippen LogP contribution in [0.15, 0.2) is 83.8 Å². The Morgan fingerprint density at radius 1 is 1.00 bits per heavy atom. The zero-order valence-corrected chi connectivity index (χ0v) is 18.5. The van der Waals surface area contributed by atoms with Crippen LogP contribution in [0.25, 0.3) is 0 Å². The van der Waals surface area contributed by atoms with Gasteiger partial charge < -0.3 is 4.90 Å². The number of sulfonamides is 1. The van der Waals surface area contributed by atoms with Gasteiger partial charge >= 0.3 is 0 Å². The Labute approximate surface area is 184 Å². The fourth-order valence-electron chi connectivity index (χ4n) is 4.08. The number of carbonyl (C=O) groups is 1. The highest BCUT2D eigenvalue weighted by atomic mass is 32.2. The molecule has 5 nitrogen and oxygen atoms in total. The maximum absolute atomic E-state index is 13.6. The number of amides is 1. The molecule has 31 heavy (non-hydrogen) atoms. The fraction of sp³-hybridized carbons (Fsp3) is 0.240. The van der Waals surface area contributed by atoms with E-state index in [2.05, 4.69) is 0 Å². The van der Waals surface area contributed by atoms with Crippen molar-refractivity contribution in [3.05, 3.63) is 90.0 Å². The average molecular weight is 435 g/mol. The van der Waals surface area contributed by atoms with E-state index in [1.54, 1.807) is 47.4 Å². The van der Waals surface area contributed by atoms with Gasteiger partial charge in [-0.3, -0.25) is 9.10 Å². The highest BCUT2D eigenvalue weighted by molar-refractivity contribution is 7.92. The van der Waals surface area contributed by atoms with Gasteiger partial charge in [0.2, 0.25) is 5.91 Å². The third kappa shape index (κ3) is 4.21. The molecular formula is C25H26N2O3S. The first-order valence-corrected chi connectivity index (χ1v) is 11.9. The number of hydrogen-bond acceptors (Lipinski definition) is 3. The summed E-state index contributed by atoms with van der Waals surface area (Å²) in [6, 6.07) is 23.4. The number of carbonyl (C=O) groups excluding carboxylic acids is 1. The molecule has 6 heteroatoms. The first-order chi connectivity index (χ1) is 14.9. The van der Waals surface area contributed by atoms with Crippen molar-refractivity contribution in [1.82, 2.24) is 0 Å². The number of hydrogen-bond donors (Lipinski definition) is 0. The van der Waals surface area contributed by atoms with E-state index in [4.69, 9.17) is 0 Å². The van der Waals surface area contributed by atoms with Gasteiger partial charge in [0, 0.05) is 11.7 Å². The van der Waals surface area contributed by atoms with Gasteiger partial charge in [-0.1, -0.05) is 48.5 Å². The summed E-state index contributed by atoms with van der Waals surface area (Å²) in [6.07, 6.45) is 1.75. The van der Waals surface area contributed by atoms with Gasteiger partial charge in [-0.2, -0.15) is 0 Å². The zero-order valence-electron chi connectivity index (χ0n) is 17.7. The Morgan fingerprint density at radius 3 is 2.45 bits per heavy atom. The second-order valence-electron chi connectivity index (χ2n) is 7.94. The molecule has 3 aromatic carbocycles. The van der Waals surface area contributed by atoms with Crippen molar-refractivity contribution >= 4 is 27.3 Å². The van der Waals surface area contributed by atoms with Gasteiger partial charge in [0.15, 0.2) is 0 Å². The van der Waals surface area contributed by atoms with Crippen LogP contribution in [0, 0.1) is 6.92 Å². The second kappa shape index (κ2) is 8.55. The molecule has 1 unspecified atom stereocenters. The summed E-state index contributed by atoms with van der Waals surface area (Å²) in [6.45, 7) is 3.60. The summed E-state index contributed by atoms with van der Waals surface area (Å²) < 4.78 is 28.4. The molecular weight excluding hydrogens is 408 g/mol. The van der Waals surface area contributed by atoms with Crippen LogP contribution in [-0.4, -0.2) is 26.9 Å². The number of para-hydroxylation sites is 2. The Bertz CT molecular complexity index is 1190. The second-order valence-corrected chi connectivity index (χ2v) is 9.81. The highest BCUT2D eigenvalue weighted by Crippen LogP contribution is 2.32. The van der Waals surface area contributed by atoms with Crippen LogP contribution >= 0.6 is 0 Å². The summed E-state index contributed by atoms with van der Waals surface area (Å²) in [5.41, 5.74) is 3.29. The molecule has 3 aromatic rings. The first kappa shape index (κ1) is 21.1. The van der Waals surface area contributed by atoms with Crippen molar-refractivity contribution in [3.63, 3.8) is 0 Å². The molecule has 0 bridgehead atoms. The summed E-state index contributed by atoms with van der Waals surface area (Å²) in [7, 11) is -3.92. The zero-order chi connectivity index (χ0) is 22.0. The summed E-state index contributed by atoms with van der Waals surface area (Å²) in [5, 5.41) is 0. The summed E-state index contributed by atoms with van der Waals surface area (Å²) in [5.74, 6) is -0.236. The molecule has 0 saturated carbocycles. The van der Waals surface area contributed by atoms with Crippen LogP contribution in [0.4, 0.5) is 11.4 Å². The minimum Gasteiger partial charge on any atom is -0.308 e. The monoisotopic (exact) mass is 434 g/mol. The largest absolute Gasteiger partial charge is 0.308 e. The minimum absolute atomic E-state index is 0.00157. The lowest BCUT2D eigenvalue weighted by Crippen LogP contribution is -2.48. The molecule has 0 N–H and O–H groups in total. The van der Waals surface area contributed by atoms with Gasteiger partial charge in [-0.15, -0.1) is 0 Å². The quantitative estimate of drug-likeness (QED) is 0.592. The summed E-state index contributed by atoms with van der Waals surface area (Å²) >= 11 is 0. The maximum Gasteiger partial charge on any atom is 0.264 e. The van der Waals surface area contributed by atoms with Crippen LogP contribution in [0.3, 0.4) is 0 Å². The van der Waals surface area contributed by atoms with Gasteiger partial charge in [-0.05, 0) is 68.1 Å². The number of benzene rings is 3. The van der Waals surface area contributed by atoms with E-state index in [1.807, 2.05) is 50.2 Å². The van der Waals surface area contributed by atoms with Crippen LogP contribution in [0.1, 0.15) is 24.5 Å². The van der Waals surface area contributed by atoms with Crippen molar-refractivity contribution in [2.75, 3.05) is 15.7 Å². The normalized spacial score (nSPS) is 15.9.